The fraction of sp³-hybridized carbons (Fsp3) is 0.583. The van der Waals surface area contributed by atoms with Crippen LogP contribution in [-0.4, -0.2) is 22.1 Å². The van der Waals surface area contributed by atoms with Crippen molar-refractivity contribution in [3.63, 3.8) is 0 Å². The zero-order valence-electron chi connectivity index (χ0n) is 10.5. The van der Waals surface area contributed by atoms with Crippen molar-refractivity contribution in [3.8, 4) is 5.75 Å². The Morgan fingerprint density at radius 1 is 1.42 bits per heavy atom. The SMILES string of the molecule is NC1(COc2c(Br)cncc2[N+](=O)[O-])CCCCC1. The zero-order chi connectivity index (χ0) is 13.9. The van der Waals surface area contributed by atoms with E-state index >= 15 is 0 Å². The maximum Gasteiger partial charge on any atom is 0.330 e. The highest BCUT2D eigenvalue weighted by molar-refractivity contribution is 9.10. The number of nitro groups is 1. The van der Waals surface area contributed by atoms with Crippen molar-refractivity contribution in [3.05, 3.63) is 27.0 Å². The largest absolute Gasteiger partial charge is 0.484 e. The second-order valence-electron chi connectivity index (χ2n) is 4.94. The summed E-state index contributed by atoms with van der Waals surface area (Å²) in [4.78, 5) is 14.2. The van der Waals surface area contributed by atoms with Crippen LogP contribution in [0.25, 0.3) is 0 Å². The van der Waals surface area contributed by atoms with E-state index in [0.29, 0.717) is 4.47 Å². The predicted octanol–water partition coefficient (Wildman–Crippen LogP) is 2.79. The summed E-state index contributed by atoms with van der Waals surface area (Å²) in [7, 11) is 0. The Labute approximate surface area is 119 Å². The minimum absolute atomic E-state index is 0.145. The number of nitrogens with zero attached hydrogens (tertiary/aromatic N) is 2. The number of halogens is 1. The molecule has 7 heteroatoms. The molecule has 0 unspecified atom stereocenters. The first-order valence-electron chi connectivity index (χ1n) is 6.21. The Morgan fingerprint density at radius 3 is 2.74 bits per heavy atom. The summed E-state index contributed by atoms with van der Waals surface area (Å²) in [6.07, 6.45) is 7.81. The molecule has 0 aromatic carbocycles. The van der Waals surface area contributed by atoms with Gasteiger partial charge in [0.1, 0.15) is 12.8 Å². The summed E-state index contributed by atoms with van der Waals surface area (Å²) in [5.41, 5.74) is 5.73. The van der Waals surface area contributed by atoms with Gasteiger partial charge in [-0.25, -0.2) is 0 Å². The van der Waals surface area contributed by atoms with Crippen LogP contribution in [0.4, 0.5) is 5.69 Å². The maximum atomic E-state index is 10.9. The Balaban J connectivity index is 2.12. The lowest BCUT2D eigenvalue weighted by Crippen LogP contribution is -2.47. The molecule has 1 aromatic heterocycles. The number of ether oxygens (including phenoxy) is 1. The molecule has 0 atom stereocenters. The number of hydrogen-bond donors (Lipinski definition) is 1. The smallest absolute Gasteiger partial charge is 0.330 e. The van der Waals surface area contributed by atoms with Crippen molar-refractivity contribution >= 4 is 21.6 Å². The minimum atomic E-state index is -0.503. The van der Waals surface area contributed by atoms with Crippen molar-refractivity contribution in [2.75, 3.05) is 6.61 Å². The van der Waals surface area contributed by atoms with Gasteiger partial charge in [0.2, 0.25) is 5.75 Å². The van der Waals surface area contributed by atoms with E-state index in [4.69, 9.17) is 10.5 Å². The lowest BCUT2D eigenvalue weighted by molar-refractivity contribution is -0.386. The van der Waals surface area contributed by atoms with Gasteiger partial charge in [-0.2, -0.15) is 0 Å². The summed E-state index contributed by atoms with van der Waals surface area (Å²) in [5, 5.41) is 10.9. The van der Waals surface area contributed by atoms with Gasteiger partial charge in [-0.1, -0.05) is 19.3 Å². The fourth-order valence-electron chi connectivity index (χ4n) is 2.30. The number of pyridine rings is 1. The van der Waals surface area contributed by atoms with Gasteiger partial charge in [0, 0.05) is 6.20 Å². The molecule has 0 spiro atoms. The molecule has 1 saturated carbocycles. The molecular weight excluding hydrogens is 314 g/mol. The molecule has 0 bridgehead atoms. The van der Waals surface area contributed by atoms with Crippen LogP contribution in [0, 0.1) is 10.1 Å². The first kappa shape index (κ1) is 14.2. The van der Waals surface area contributed by atoms with E-state index in [-0.39, 0.29) is 23.6 Å². The summed E-state index contributed by atoms with van der Waals surface area (Å²) >= 11 is 3.23. The van der Waals surface area contributed by atoms with Crippen LogP contribution in [0.1, 0.15) is 32.1 Å². The summed E-state index contributed by atoms with van der Waals surface area (Å²) in [6.45, 7) is 0.288. The first-order valence-corrected chi connectivity index (χ1v) is 7.01. The molecule has 104 valence electrons. The Bertz CT molecular complexity index is 475. The highest BCUT2D eigenvalue weighted by Gasteiger charge is 2.30. The van der Waals surface area contributed by atoms with Gasteiger partial charge >= 0.3 is 5.69 Å². The molecule has 6 nitrogen and oxygen atoms in total. The molecule has 0 amide bonds. The maximum absolute atomic E-state index is 10.9. The second-order valence-corrected chi connectivity index (χ2v) is 5.79. The molecule has 19 heavy (non-hydrogen) atoms. The number of aromatic nitrogens is 1. The lowest BCUT2D eigenvalue weighted by Gasteiger charge is -2.32. The average molecular weight is 330 g/mol. The Kier molecular flexibility index (Phi) is 4.36. The van der Waals surface area contributed by atoms with Crippen molar-refractivity contribution in [1.82, 2.24) is 4.98 Å². The normalized spacial score (nSPS) is 18.0. The average Bonchev–Trinajstić information content (AvgIpc) is 2.38. The first-order chi connectivity index (χ1) is 9.02. The second kappa shape index (κ2) is 5.83. The van der Waals surface area contributed by atoms with Gasteiger partial charge in [0.05, 0.1) is 14.9 Å². The van der Waals surface area contributed by atoms with Gasteiger partial charge in [-0.15, -0.1) is 0 Å². The summed E-state index contributed by atoms with van der Waals surface area (Å²) < 4.78 is 6.09. The number of hydrogen-bond acceptors (Lipinski definition) is 5. The van der Waals surface area contributed by atoms with Crippen molar-refractivity contribution in [1.29, 1.82) is 0 Å². The van der Waals surface area contributed by atoms with E-state index in [9.17, 15) is 10.1 Å². The Hall–Kier alpha value is -1.21. The molecule has 0 radical (unpaired) electrons. The van der Waals surface area contributed by atoms with E-state index < -0.39 is 4.92 Å². The molecular formula is C12H16BrN3O3. The molecule has 2 N–H and O–H groups in total. The van der Waals surface area contributed by atoms with E-state index in [1.54, 1.807) is 0 Å². The monoisotopic (exact) mass is 329 g/mol. The third kappa shape index (κ3) is 3.42. The lowest BCUT2D eigenvalue weighted by atomic mass is 9.83. The van der Waals surface area contributed by atoms with Crippen molar-refractivity contribution in [2.24, 2.45) is 5.73 Å². The zero-order valence-corrected chi connectivity index (χ0v) is 12.1. The number of rotatable bonds is 4. The number of nitrogens with two attached hydrogens (primary N) is 1. The predicted molar refractivity (Wildman–Crippen MR) is 74.1 cm³/mol. The molecule has 2 rings (SSSR count). The minimum Gasteiger partial charge on any atom is -0.484 e. The van der Waals surface area contributed by atoms with Crippen LogP contribution >= 0.6 is 15.9 Å². The molecule has 1 heterocycles. The van der Waals surface area contributed by atoms with Crippen LogP contribution in [0.3, 0.4) is 0 Å². The van der Waals surface area contributed by atoms with Crippen LogP contribution in [-0.2, 0) is 0 Å². The standard InChI is InChI=1S/C12H16BrN3O3/c13-9-6-15-7-10(16(17)18)11(9)19-8-12(14)4-2-1-3-5-12/h6-7H,1-5,8,14H2. The van der Waals surface area contributed by atoms with Crippen molar-refractivity contribution in [2.45, 2.75) is 37.6 Å². The van der Waals surface area contributed by atoms with Crippen LogP contribution in [0.5, 0.6) is 5.75 Å². The van der Waals surface area contributed by atoms with E-state index in [1.807, 2.05) is 0 Å². The quantitative estimate of drug-likeness (QED) is 0.677. The molecule has 0 saturated heterocycles. The molecule has 1 aliphatic rings. The van der Waals surface area contributed by atoms with Crippen LogP contribution < -0.4 is 10.5 Å². The third-order valence-electron chi connectivity index (χ3n) is 3.38. The fourth-order valence-corrected chi connectivity index (χ4v) is 2.74. The van der Waals surface area contributed by atoms with E-state index in [2.05, 4.69) is 20.9 Å². The van der Waals surface area contributed by atoms with Crippen LogP contribution in [0.15, 0.2) is 16.9 Å². The van der Waals surface area contributed by atoms with Gasteiger partial charge < -0.3 is 10.5 Å². The molecule has 1 fully saturated rings. The van der Waals surface area contributed by atoms with Gasteiger partial charge in [0.25, 0.3) is 0 Å². The Morgan fingerprint density at radius 2 is 2.11 bits per heavy atom. The van der Waals surface area contributed by atoms with E-state index in [1.165, 1.54) is 18.8 Å². The van der Waals surface area contributed by atoms with Crippen LogP contribution in [0.2, 0.25) is 0 Å². The van der Waals surface area contributed by atoms with Crippen molar-refractivity contribution < 1.29 is 9.66 Å². The third-order valence-corrected chi connectivity index (χ3v) is 3.95. The van der Waals surface area contributed by atoms with Gasteiger partial charge in [0.15, 0.2) is 0 Å². The molecule has 0 aliphatic heterocycles. The van der Waals surface area contributed by atoms with Gasteiger partial charge in [-0.3, -0.25) is 15.1 Å². The summed E-state index contributed by atoms with van der Waals surface area (Å²) in [6, 6.07) is 0. The van der Waals surface area contributed by atoms with Gasteiger partial charge in [-0.05, 0) is 28.8 Å². The highest BCUT2D eigenvalue weighted by atomic mass is 79.9. The summed E-state index contributed by atoms with van der Waals surface area (Å²) in [5.74, 6) is 0.204. The molecule has 1 aliphatic carbocycles. The topological polar surface area (TPSA) is 91.3 Å². The highest BCUT2D eigenvalue weighted by Crippen LogP contribution is 2.35. The van der Waals surface area contributed by atoms with E-state index in [0.717, 1.165) is 25.7 Å². The molecule has 1 aromatic rings.